The van der Waals surface area contributed by atoms with Gasteiger partial charge in [0.15, 0.2) is 0 Å². The van der Waals surface area contributed by atoms with Gasteiger partial charge in [-0.2, -0.15) is 0 Å². The van der Waals surface area contributed by atoms with Gasteiger partial charge in [-0.25, -0.2) is 0 Å². The van der Waals surface area contributed by atoms with Crippen molar-refractivity contribution in [2.45, 2.75) is 136 Å². The maximum absolute atomic E-state index is 11.8. The molecule has 0 bridgehead atoms. The third-order valence-electron chi connectivity index (χ3n) is 5.69. The summed E-state index contributed by atoms with van der Waals surface area (Å²) in [6, 6.07) is 0. The highest BCUT2D eigenvalue weighted by atomic mass is 16.2. The summed E-state index contributed by atoms with van der Waals surface area (Å²) in [5.41, 5.74) is 0. The van der Waals surface area contributed by atoms with Gasteiger partial charge in [0.05, 0.1) is 0 Å². The van der Waals surface area contributed by atoms with Crippen LogP contribution in [0.2, 0.25) is 0 Å². The minimum Gasteiger partial charge on any atom is -0.356 e. The van der Waals surface area contributed by atoms with Crippen molar-refractivity contribution in [3.05, 3.63) is 0 Å². The van der Waals surface area contributed by atoms with Crippen molar-refractivity contribution in [2.24, 2.45) is 0 Å². The van der Waals surface area contributed by atoms with Crippen molar-refractivity contribution in [1.82, 2.24) is 5.32 Å². The van der Waals surface area contributed by atoms with Crippen LogP contribution in [0.25, 0.3) is 0 Å². The Morgan fingerprint density at radius 2 is 0.935 bits per heavy atom. The number of unbranched alkanes of at least 4 members (excludes halogenated alkanes) is 10. The zero-order valence-electron chi connectivity index (χ0n) is 20.3. The van der Waals surface area contributed by atoms with E-state index in [-0.39, 0.29) is 17.5 Å². The smallest absolute Gasteiger partial charge is 0.219 e. The second-order valence-corrected chi connectivity index (χ2v) is 8.83. The fraction of sp³-hybridized carbons (Fsp3) is 0.846. The first-order valence-electron chi connectivity index (χ1n) is 12.7. The van der Waals surface area contributed by atoms with Gasteiger partial charge in [0, 0.05) is 45.1 Å². The Hall–Kier alpha value is -1.52. The number of rotatable bonds is 23. The van der Waals surface area contributed by atoms with E-state index in [9.17, 15) is 19.2 Å². The minimum absolute atomic E-state index is 0.0930. The summed E-state index contributed by atoms with van der Waals surface area (Å²) >= 11 is 0. The molecule has 0 aromatic heterocycles. The van der Waals surface area contributed by atoms with Crippen LogP contribution in [0.15, 0.2) is 0 Å². The number of ketones is 3. The van der Waals surface area contributed by atoms with Crippen molar-refractivity contribution in [3.63, 3.8) is 0 Å². The van der Waals surface area contributed by atoms with Crippen LogP contribution in [-0.2, 0) is 19.2 Å². The van der Waals surface area contributed by atoms with Crippen LogP contribution in [-0.4, -0.2) is 29.8 Å². The van der Waals surface area contributed by atoms with Crippen molar-refractivity contribution in [2.75, 3.05) is 6.54 Å². The van der Waals surface area contributed by atoms with Gasteiger partial charge in [-0.1, -0.05) is 58.3 Å². The Bertz CT molecular complexity index is 502. The van der Waals surface area contributed by atoms with E-state index in [1.807, 2.05) is 6.92 Å². The predicted octanol–water partition coefficient (Wildman–Crippen LogP) is 6.26. The molecule has 0 aromatic rings. The number of carbonyl (C=O) groups excluding carboxylic acids is 4. The molecule has 1 amide bonds. The molecule has 0 saturated carbocycles. The van der Waals surface area contributed by atoms with Crippen LogP contribution in [0, 0.1) is 0 Å². The summed E-state index contributed by atoms with van der Waals surface area (Å²) in [7, 11) is 0. The average molecular weight is 438 g/mol. The normalized spacial score (nSPS) is 10.8. The monoisotopic (exact) mass is 437 g/mol. The van der Waals surface area contributed by atoms with Crippen LogP contribution >= 0.6 is 0 Å². The van der Waals surface area contributed by atoms with Gasteiger partial charge >= 0.3 is 0 Å². The summed E-state index contributed by atoms with van der Waals surface area (Å²) in [5, 5.41) is 2.91. The minimum atomic E-state index is 0.0930. The highest BCUT2D eigenvalue weighted by Crippen LogP contribution is 2.12. The highest BCUT2D eigenvalue weighted by Gasteiger charge is 2.05. The van der Waals surface area contributed by atoms with Gasteiger partial charge in [0.25, 0.3) is 0 Å². The van der Waals surface area contributed by atoms with Crippen molar-refractivity contribution >= 4 is 23.3 Å². The third kappa shape index (κ3) is 23.0. The topological polar surface area (TPSA) is 80.3 Å². The molecule has 0 radical (unpaired) electrons. The zero-order valence-corrected chi connectivity index (χ0v) is 20.3. The van der Waals surface area contributed by atoms with Crippen molar-refractivity contribution < 1.29 is 19.2 Å². The first-order chi connectivity index (χ1) is 15.0. The largest absolute Gasteiger partial charge is 0.356 e. The van der Waals surface area contributed by atoms with Gasteiger partial charge in [-0.3, -0.25) is 14.4 Å². The Morgan fingerprint density at radius 1 is 0.516 bits per heavy atom. The molecule has 0 aliphatic heterocycles. The fourth-order valence-electron chi connectivity index (χ4n) is 3.62. The molecule has 0 fully saturated rings. The number of hydrogen-bond donors (Lipinski definition) is 1. The summed E-state index contributed by atoms with van der Waals surface area (Å²) in [6.07, 6.45) is 17.6. The van der Waals surface area contributed by atoms with Crippen LogP contribution < -0.4 is 5.32 Å². The van der Waals surface area contributed by atoms with Gasteiger partial charge < -0.3 is 10.1 Å². The maximum Gasteiger partial charge on any atom is 0.219 e. The number of hydrogen-bond acceptors (Lipinski definition) is 4. The number of amides is 1. The number of Topliss-reactive ketones (excluding diaryl/α,β-unsaturated/α-hetero) is 3. The van der Waals surface area contributed by atoms with E-state index in [0.29, 0.717) is 50.9 Å². The summed E-state index contributed by atoms with van der Waals surface area (Å²) < 4.78 is 0. The van der Waals surface area contributed by atoms with E-state index in [2.05, 4.69) is 5.32 Å². The van der Waals surface area contributed by atoms with Gasteiger partial charge in [0.2, 0.25) is 5.91 Å². The summed E-state index contributed by atoms with van der Waals surface area (Å²) in [4.78, 5) is 45.6. The van der Waals surface area contributed by atoms with E-state index < -0.39 is 0 Å². The van der Waals surface area contributed by atoms with E-state index in [0.717, 1.165) is 38.5 Å². The van der Waals surface area contributed by atoms with Crippen LogP contribution in [0.1, 0.15) is 136 Å². The molecule has 0 atom stereocenters. The molecular formula is C26H47NO4. The second kappa shape index (κ2) is 21.7. The van der Waals surface area contributed by atoms with E-state index in [4.69, 9.17) is 0 Å². The average Bonchev–Trinajstić information content (AvgIpc) is 2.74. The molecule has 1 N–H and O–H groups in total. The molecule has 0 aliphatic rings. The lowest BCUT2D eigenvalue weighted by molar-refractivity contribution is -0.122. The Labute approximate surface area is 190 Å². The van der Waals surface area contributed by atoms with E-state index >= 15 is 0 Å². The molecule has 0 spiro atoms. The molecule has 0 rings (SSSR count). The van der Waals surface area contributed by atoms with E-state index in [1.165, 1.54) is 44.9 Å². The maximum atomic E-state index is 11.8. The van der Waals surface area contributed by atoms with Gasteiger partial charge in [-0.05, 0) is 39.0 Å². The van der Waals surface area contributed by atoms with E-state index in [1.54, 1.807) is 6.92 Å². The molecule has 0 aromatic carbocycles. The first-order valence-corrected chi connectivity index (χ1v) is 12.7. The molecular weight excluding hydrogens is 390 g/mol. The predicted molar refractivity (Wildman–Crippen MR) is 127 cm³/mol. The molecule has 0 heterocycles. The Morgan fingerprint density at radius 3 is 1.48 bits per heavy atom. The number of nitrogens with one attached hydrogen (secondary N) is 1. The molecule has 31 heavy (non-hydrogen) atoms. The first kappa shape index (κ1) is 29.5. The molecule has 0 saturated heterocycles. The highest BCUT2D eigenvalue weighted by molar-refractivity contribution is 5.79. The quantitative estimate of drug-likeness (QED) is 0.191. The summed E-state index contributed by atoms with van der Waals surface area (Å²) in [6.45, 7) is 4.09. The Balaban J connectivity index is 3.32. The standard InChI is InChI=1S/C26H47NO4/c1-3-24(29)18-12-10-8-6-4-5-7-9-11-13-21-26(31)27-22-16-20-25(30)19-15-14-17-23(2)28/h3-22H2,1-2H3,(H,27,31). The van der Waals surface area contributed by atoms with Gasteiger partial charge in [0.1, 0.15) is 17.3 Å². The van der Waals surface area contributed by atoms with Crippen LogP contribution in [0.5, 0.6) is 0 Å². The van der Waals surface area contributed by atoms with Crippen molar-refractivity contribution in [3.8, 4) is 0 Å². The molecule has 180 valence electrons. The molecule has 5 nitrogen and oxygen atoms in total. The van der Waals surface area contributed by atoms with Crippen LogP contribution in [0.4, 0.5) is 0 Å². The van der Waals surface area contributed by atoms with Crippen molar-refractivity contribution in [1.29, 1.82) is 0 Å². The van der Waals surface area contributed by atoms with Crippen LogP contribution in [0.3, 0.4) is 0 Å². The zero-order chi connectivity index (χ0) is 23.2. The lowest BCUT2D eigenvalue weighted by Gasteiger charge is -2.06. The third-order valence-corrected chi connectivity index (χ3v) is 5.69. The molecule has 5 heteroatoms. The Kier molecular flexibility index (Phi) is 20.6. The SMILES string of the molecule is CCC(=O)CCCCCCCCCCCCC(=O)NCCCC(=O)CCCCC(C)=O. The van der Waals surface area contributed by atoms with Gasteiger partial charge in [-0.15, -0.1) is 0 Å². The number of carbonyl (C=O) groups is 4. The lowest BCUT2D eigenvalue weighted by atomic mass is 10.0. The fourth-order valence-corrected chi connectivity index (χ4v) is 3.62. The second-order valence-electron chi connectivity index (χ2n) is 8.83. The lowest BCUT2D eigenvalue weighted by Crippen LogP contribution is -2.24. The summed E-state index contributed by atoms with van der Waals surface area (Å²) in [5.74, 6) is 0.886. The molecule has 0 unspecified atom stereocenters. The molecule has 0 aliphatic carbocycles.